The molecule has 1 aliphatic rings. The lowest BCUT2D eigenvalue weighted by Gasteiger charge is -2.35. The lowest BCUT2D eigenvalue weighted by molar-refractivity contribution is 0.568. The van der Waals surface area contributed by atoms with Gasteiger partial charge in [0.1, 0.15) is 12.5 Å². The number of anilines is 4. The Morgan fingerprint density at radius 1 is 0.365 bits per heavy atom. The molecule has 0 saturated carbocycles. The van der Waals surface area contributed by atoms with Gasteiger partial charge < -0.3 is 9.80 Å². The molecule has 0 aliphatic carbocycles. The molecule has 2 aromatic heterocycles. The average molecular weight is 983 g/mol. The molecular formula is C69H70N4Si. The summed E-state index contributed by atoms with van der Waals surface area (Å²) < 4.78 is 2.41. The molecule has 0 spiro atoms. The molecule has 10 aromatic rings. The second kappa shape index (κ2) is 18.2. The van der Waals surface area contributed by atoms with E-state index >= 15 is 0 Å². The van der Waals surface area contributed by atoms with Crippen molar-refractivity contribution in [1.29, 1.82) is 0 Å². The van der Waals surface area contributed by atoms with E-state index < -0.39 is 8.07 Å². The molecule has 1 aliphatic heterocycles. The van der Waals surface area contributed by atoms with E-state index in [0.717, 1.165) is 16.9 Å². The first kappa shape index (κ1) is 48.8. The van der Waals surface area contributed by atoms with Gasteiger partial charge in [-0.05, 0) is 125 Å². The molecule has 0 N–H and O–H groups in total. The fourth-order valence-corrected chi connectivity index (χ4v) is 16.3. The van der Waals surface area contributed by atoms with Crippen molar-refractivity contribution in [2.75, 3.05) is 16.5 Å². The molecule has 8 aromatic carbocycles. The normalized spacial score (nSPS) is 13.5. The highest BCUT2D eigenvalue weighted by atomic mass is 28.3. The summed E-state index contributed by atoms with van der Waals surface area (Å²) >= 11 is 0. The Bertz CT molecular complexity index is 3610. The molecule has 0 bridgehead atoms. The first-order valence-electron chi connectivity index (χ1n) is 26.5. The van der Waals surface area contributed by atoms with Crippen molar-refractivity contribution in [1.82, 2.24) is 9.55 Å². The molecule has 0 fully saturated rings. The number of para-hydroxylation sites is 3. The molecule has 0 radical (unpaired) electrons. The molecule has 370 valence electrons. The minimum atomic E-state index is -3.08. The fourth-order valence-electron chi connectivity index (χ4n) is 11.5. The van der Waals surface area contributed by atoms with Gasteiger partial charge >= 0.3 is 0 Å². The van der Waals surface area contributed by atoms with Crippen molar-refractivity contribution in [3.05, 3.63) is 240 Å². The van der Waals surface area contributed by atoms with Gasteiger partial charge in [0.2, 0.25) is 0 Å². The van der Waals surface area contributed by atoms with Gasteiger partial charge in [-0.15, -0.1) is 0 Å². The van der Waals surface area contributed by atoms with Crippen LogP contribution in [0.2, 0.25) is 0 Å². The van der Waals surface area contributed by atoms with E-state index in [4.69, 9.17) is 4.98 Å². The standard InChI is InChI=1S/C69H70N4Si/c1-66(2,3)48-33-35-49(36-34-48)69(10,11)50-39-40-70-65(44-50)73-61-30-19-18-29-59(61)60-38-37-58(46-64(60)73)74(55-24-14-12-15-25-55,56-26-16-13-17-27-56)57-28-22-23-53(45-57)71-47-72(63-32-21-20-31-62(63)71)54-42-51(67(4,5)6)41-52(43-54)68(7,8)9/h12-46H,47H2,1-11H3. The first-order valence-corrected chi connectivity index (χ1v) is 28.5. The second-order valence-electron chi connectivity index (χ2n) is 24.2. The number of pyridine rings is 1. The van der Waals surface area contributed by atoms with Crippen molar-refractivity contribution in [3.63, 3.8) is 0 Å². The van der Waals surface area contributed by atoms with Gasteiger partial charge in [0.05, 0.1) is 22.4 Å². The molecule has 0 atom stereocenters. The van der Waals surface area contributed by atoms with Crippen LogP contribution in [-0.2, 0) is 21.7 Å². The molecule has 5 heteroatoms. The van der Waals surface area contributed by atoms with Crippen molar-refractivity contribution in [2.45, 2.75) is 97.8 Å². The Balaban J connectivity index is 1.09. The summed E-state index contributed by atoms with van der Waals surface area (Å²) in [7, 11) is -3.08. The van der Waals surface area contributed by atoms with Crippen molar-refractivity contribution < 1.29 is 0 Å². The highest BCUT2D eigenvalue weighted by Crippen LogP contribution is 2.46. The quantitative estimate of drug-likeness (QED) is 0.106. The van der Waals surface area contributed by atoms with E-state index in [0.29, 0.717) is 6.67 Å². The van der Waals surface area contributed by atoms with Gasteiger partial charge in [-0.25, -0.2) is 4.98 Å². The highest BCUT2D eigenvalue weighted by molar-refractivity contribution is 7.20. The van der Waals surface area contributed by atoms with Crippen molar-refractivity contribution >= 4 is 73.4 Å². The Morgan fingerprint density at radius 2 is 0.878 bits per heavy atom. The average Bonchev–Trinajstić information content (AvgIpc) is 3.95. The second-order valence-corrected chi connectivity index (χ2v) is 28.0. The maximum Gasteiger partial charge on any atom is 0.179 e. The number of hydrogen-bond acceptors (Lipinski definition) is 3. The SMILES string of the molecule is CC(C)(C)c1ccc(C(C)(C)c2ccnc(-n3c4ccccc4c4ccc([Si](c5ccccc5)(c5ccccc5)c5cccc(N6CN(c7cc(C(C)(C)C)cc(C(C)(C)C)c7)c7ccccc76)c5)cc43)c2)cc1. The van der Waals surface area contributed by atoms with E-state index in [9.17, 15) is 0 Å². The van der Waals surface area contributed by atoms with Crippen LogP contribution in [0.5, 0.6) is 0 Å². The Labute approximate surface area is 441 Å². The van der Waals surface area contributed by atoms with Crippen molar-refractivity contribution in [2.24, 2.45) is 0 Å². The third-order valence-electron chi connectivity index (χ3n) is 16.0. The predicted molar refractivity (Wildman–Crippen MR) is 319 cm³/mol. The zero-order valence-electron chi connectivity index (χ0n) is 45.2. The predicted octanol–water partition coefficient (Wildman–Crippen LogP) is 15.0. The highest BCUT2D eigenvalue weighted by Gasteiger charge is 2.43. The Hall–Kier alpha value is -7.47. The summed E-state index contributed by atoms with van der Waals surface area (Å²) in [5, 5.41) is 7.74. The third kappa shape index (κ3) is 8.45. The first-order chi connectivity index (χ1) is 35.3. The van der Waals surface area contributed by atoms with Crippen LogP contribution in [-0.4, -0.2) is 24.3 Å². The number of benzene rings is 8. The summed E-state index contributed by atoms with van der Waals surface area (Å²) in [5.74, 6) is 0.916. The van der Waals surface area contributed by atoms with Gasteiger partial charge in [-0.1, -0.05) is 222 Å². The van der Waals surface area contributed by atoms with Crippen LogP contribution < -0.4 is 30.5 Å². The van der Waals surface area contributed by atoms with Crippen LogP contribution in [0.4, 0.5) is 22.7 Å². The summed E-state index contributed by atoms with van der Waals surface area (Å²) in [5.41, 5.74) is 13.5. The number of fused-ring (bicyclic) bond motifs is 4. The molecule has 4 nitrogen and oxygen atoms in total. The largest absolute Gasteiger partial charge is 0.321 e. The van der Waals surface area contributed by atoms with Gasteiger partial charge in [0, 0.05) is 33.8 Å². The van der Waals surface area contributed by atoms with Crippen LogP contribution in [0.1, 0.15) is 104 Å². The molecular weight excluding hydrogens is 913 g/mol. The maximum absolute atomic E-state index is 5.20. The molecule has 0 saturated heterocycles. The number of rotatable bonds is 9. The minimum Gasteiger partial charge on any atom is -0.321 e. The van der Waals surface area contributed by atoms with E-state index in [-0.39, 0.29) is 21.7 Å². The van der Waals surface area contributed by atoms with Gasteiger partial charge in [0.25, 0.3) is 0 Å². The summed E-state index contributed by atoms with van der Waals surface area (Å²) in [4.78, 5) is 10.2. The van der Waals surface area contributed by atoms with Crippen molar-refractivity contribution in [3.8, 4) is 5.82 Å². The smallest absolute Gasteiger partial charge is 0.179 e. The molecule has 0 amide bonds. The zero-order valence-corrected chi connectivity index (χ0v) is 46.2. The van der Waals surface area contributed by atoms with Crippen LogP contribution in [0.25, 0.3) is 27.6 Å². The zero-order chi connectivity index (χ0) is 51.8. The van der Waals surface area contributed by atoms with Gasteiger partial charge in [-0.2, -0.15) is 0 Å². The van der Waals surface area contributed by atoms with Gasteiger partial charge in [0.15, 0.2) is 8.07 Å². The topological polar surface area (TPSA) is 24.3 Å². The van der Waals surface area contributed by atoms with E-state index in [1.54, 1.807) is 0 Å². The number of hydrogen-bond donors (Lipinski definition) is 0. The number of aromatic nitrogens is 2. The van der Waals surface area contributed by atoms with E-state index in [1.807, 2.05) is 6.20 Å². The van der Waals surface area contributed by atoms with Crippen LogP contribution >= 0.6 is 0 Å². The third-order valence-corrected chi connectivity index (χ3v) is 20.7. The maximum atomic E-state index is 5.20. The molecule has 11 rings (SSSR count). The van der Waals surface area contributed by atoms with Crippen LogP contribution in [0, 0.1) is 0 Å². The van der Waals surface area contributed by atoms with Crippen LogP contribution in [0.3, 0.4) is 0 Å². The van der Waals surface area contributed by atoms with Gasteiger partial charge in [-0.3, -0.25) is 4.57 Å². The number of nitrogens with zero attached hydrogens (tertiary/aromatic N) is 4. The van der Waals surface area contributed by atoms with E-state index in [2.05, 4.69) is 297 Å². The lowest BCUT2D eigenvalue weighted by Crippen LogP contribution is -2.74. The molecule has 3 heterocycles. The van der Waals surface area contributed by atoms with E-state index in [1.165, 1.54) is 82.1 Å². The van der Waals surface area contributed by atoms with Crippen LogP contribution in [0.15, 0.2) is 212 Å². The summed E-state index contributed by atoms with van der Waals surface area (Å²) in [6.07, 6.45) is 2.00. The Morgan fingerprint density at radius 3 is 1.49 bits per heavy atom. The fraction of sp³-hybridized carbons (Fsp3) is 0.232. The summed E-state index contributed by atoms with van der Waals surface area (Å²) in [6, 6.07) is 78.3. The summed E-state index contributed by atoms with van der Waals surface area (Å²) in [6.45, 7) is 26.1. The Kier molecular flexibility index (Phi) is 12.0. The monoisotopic (exact) mass is 983 g/mol. The molecule has 74 heavy (non-hydrogen) atoms. The lowest BCUT2D eigenvalue weighted by atomic mass is 9.77. The minimum absolute atomic E-state index is 0.000320. The molecule has 0 unspecified atom stereocenters.